The zero-order valence-electron chi connectivity index (χ0n) is 17.5. The summed E-state index contributed by atoms with van der Waals surface area (Å²) in [5.74, 6) is 0. The number of hydrogen-bond donors (Lipinski definition) is 2. The van der Waals surface area contributed by atoms with Crippen LogP contribution in [0.5, 0.6) is 0 Å². The van der Waals surface area contributed by atoms with Gasteiger partial charge in [-0.05, 0) is 57.8 Å². The molecule has 0 bridgehead atoms. The Balaban J connectivity index is 1.84. The highest BCUT2D eigenvalue weighted by Crippen LogP contribution is 2.39. The quantitative estimate of drug-likeness (QED) is 0.288. The first kappa shape index (κ1) is 22.3. The van der Waals surface area contributed by atoms with Crippen LogP contribution in [-0.4, -0.2) is 14.8 Å². The molecule has 1 heterocycles. The van der Waals surface area contributed by atoms with E-state index in [1.807, 2.05) is 42.5 Å². The number of aromatic nitrogens is 1. The van der Waals surface area contributed by atoms with E-state index >= 15 is 0 Å². The van der Waals surface area contributed by atoms with Crippen LogP contribution in [0.3, 0.4) is 0 Å². The van der Waals surface area contributed by atoms with E-state index < -0.39 is 19.3 Å². The summed E-state index contributed by atoms with van der Waals surface area (Å²) in [6.07, 6.45) is -4.48. The second-order valence-electron chi connectivity index (χ2n) is 7.91. The molecule has 0 atom stereocenters. The lowest BCUT2D eigenvalue weighted by molar-refractivity contribution is -0.137. The van der Waals surface area contributed by atoms with Crippen molar-refractivity contribution in [3.8, 4) is 22.3 Å². The van der Waals surface area contributed by atoms with E-state index in [1.54, 1.807) is 18.2 Å². The molecule has 0 fully saturated rings. The highest BCUT2D eigenvalue weighted by Gasteiger charge is 2.30. The summed E-state index contributed by atoms with van der Waals surface area (Å²) in [7, 11) is -4.61. The van der Waals surface area contributed by atoms with Gasteiger partial charge in [-0.2, -0.15) is 13.2 Å². The van der Waals surface area contributed by atoms with Crippen LogP contribution in [0.15, 0.2) is 91.0 Å². The van der Waals surface area contributed by atoms with E-state index in [-0.39, 0.29) is 5.44 Å². The number of rotatable bonds is 3. The summed E-state index contributed by atoms with van der Waals surface area (Å²) >= 11 is 0. The Bertz CT molecular complexity index is 1600. The smallest absolute Gasteiger partial charge is 0.320 e. The molecule has 0 spiro atoms. The molecule has 2 N–H and O–H groups in total. The number of halogens is 3. The zero-order valence-corrected chi connectivity index (χ0v) is 18.4. The fraction of sp³-hybridized carbons (Fsp3) is 0.0385. The van der Waals surface area contributed by atoms with E-state index in [0.29, 0.717) is 27.6 Å². The van der Waals surface area contributed by atoms with Gasteiger partial charge in [-0.1, -0.05) is 60.7 Å². The van der Waals surface area contributed by atoms with Crippen molar-refractivity contribution in [3.05, 3.63) is 96.6 Å². The fourth-order valence-electron chi connectivity index (χ4n) is 4.09. The average molecular weight is 479 g/mol. The molecule has 8 heteroatoms. The van der Waals surface area contributed by atoms with E-state index in [9.17, 15) is 27.5 Å². The minimum absolute atomic E-state index is 0.355. The average Bonchev–Trinajstić information content (AvgIpc) is 2.81. The lowest BCUT2D eigenvalue weighted by atomic mass is 9.92. The molecule has 0 aliphatic carbocycles. The van der Waals surface area contributed by atoms with Crippen LogP contribution < -0.4 is 5.44 Å². The summed E-state index contributed by atoms with van der Waals surface area (Å²) in [6, 6.07) is 24.5. The van der Waals surface area contributed by atoms with Gasteiger partial charge in [0.1, 0.15) is 0 Å². The highest BCUT2D eigenvalue weighted by atomic mass is 31.2. The van der Waals surface area contributed by atoms with Gasteiger partial charge in [0.2, 0.25) is 0 Å². The van der Waals surface area contributed by atoms with Gasteiger partial charge >= 0.3 is 13.8 Å². The molecule has 1 aromatic heterocycles. The Hall–Kier alpha value is -3.51. The number of pyridine rings is 1. The van der Waals surface area contributed by atoms with Gasteiger partial charge < -0.3 is 9.79 Å². The van der Waals surface area contributed by atoms with Crippen LogP contribution in [0.4, 0.5) is 13.2 Å². The van der Waals surface area contributed by atoms with Crippen molar-refractivity contribution >= 4 is 34.7 Å². The summed E-state index contributed by atoms with van der Waals surface area (Å²) in [4.78, 5) is 23.6. The topological polar surface area (TPSA) is 70.4 Å². The largest absolute Gasteiger partial charge is 0.416 e. The lowest BCUT2D eigenvalue weighted by Gasteiger charge is -2.15. The lowest BCUT2D eigenvalue weighted by Crippen LogP contribution is -2.09. The van der Waals surface area contributed by atoms with E-state index in [0.717, 1.165) is 28.5 Å². The number of nitrogens with zero attached hydrogens (tertiary/aromatic N) is 1. The predicted molar refractivity (Wildman–Crippen MR) is 127 cm³/mol. The number of hydrogen-bond acceptors (Lipinski definition) is 2. The molecular formula is C26H17F3NO3P. The number of benzene rings is 4. The van der Waals surface area contributed by atoms with Crippen LogP contribution in [0.2, 0.25) is 0 Å². The SMILES string of the molecule is O=P(O)(O)c1ccc2cc(-c3cccc(C(F)(F)F)c3)cc(-c3cccc4ccccc34)c2n1. The van der Waals surface area contributed by atoms with Crippen molar-refractivity contribution in [3.63, 3.8) is 0 Å². The van der Waals surface area contributed by atoms with Gasteiger partial charge in [0.25, 0.3) is 0 Å². The predicted octanol–water partition coefficient (Wildman–Crippen LogP) is 6.54. The first-order valence-electron chi connectivity index (χ1n) is 10.3. The van der Waals surface area contributed by atoms with Crippen molar-refractivity contribution in [2.24, 2.45) is 0 Å². The molecule has 4 nitrogen and oxygen atoms in total. The first-order chi connectivity index (χ1) is 16.1. The monoisotopic (exact) mass is 479 g/mol. The Morgan fingerprint density at radius 1 is 0.706 bits per heavy atom. The molecule has 0 aliphatic heterocycles. The van der Waals surface area contributed by atoms with Crippen molar-refractivity contribution in [1.82, 2.24) is 4.98 Å². The first-order valence-corrected chi connectivity index (χ1v) is 11.9. The third kappa shape index (κ3) is 4.10. The van der Waals surface area contributed by atoms with Gasteiger partial charge in [-0.3, -0.25) is 4.57 Å². The molecule has 0 unspecified atom stereocenters. The zero-order chi connectivity index (χ0) is 24.1. The minimum Gasteiger partial charge on any atom is -0.320 e. The maximum atomic E-state index is 13.3. The van der Waals surface area contributed by atoms with Crippen LogP contribution in [0.25, 0.3) is 43.9 Å². The van der Waals surface area contributed by atoms with Crippen LogP contribution in [0, 0.1) is 0 Å². The standard InChI is InChI=1S/C26H17F3NO3P/c27-26(28,29)20-8-3-7-17(14-20)19-13-18-11-12-24(34(31,32)33)30-25(18)23(15-19)22-10-4-6-16-5-1-2-9-21(16)22/h1-15H,(H2,31,32,33). The summed E-state index contributed by atoms with van der Waals surface area (Å²) in [6.45, 7) is 0. The Labute approximate surface area is 192 Å². The van der Waals surface area contributed by atoms with Crippen molar-refractivity contribution in [2.75, 3.05) is 0 Å². The summed E-state index contributed by atoms with van der Waals surface area (Å²) < 4.78 is 51.9. The van der Waals surface area contributed by atoms with Gasteiger partial charge in [0.15, 0.2) is 5.44 Å². The van der Waals surface area contributed by atoms with Crippen molar-refractivity contribution in [1.29, 1.82) is 0 Å². The number of alkyl halides is 3. The van der Waals surface area contributed by atoms with E-state index in [4.69, 9.17) is 0 Å². The van der Waals surface area contributed by atoms with Crippen LogP contribution >= 0.6 is 7.60 Å². The molecule has 4 aromatic carbocycles. The Morgan fingerprint density at radius 3 is 2.21 bits per heavy atom. The fourth-order valence-corrected chi connectivity index (χ4v) is 4.59. The molecule has 0 aliphatic rings. The maximum absolute atomic E-state index is 13.3. The van der Waals surface area contributed by atoms with Crippen LogP contribution in [0.1, 0.15) is 5.56 Å². The second kappa shape index (κ2) is 8.06. The minimum atomic E-state index is -4.61. The summed E-state index contributed by atoms with van der Waals surface area (Å²) in [5.41, 5.74) is 1.46. The second-order valence-corrected chi connectivity index (χ2v) is 9.46. The van der Waals surface area contributed by atoms with Crippen molar-refractivity contribution < 1.29 is 27.5 Å². The van der Waals surface area contributed by atoms with Gasteiger partial charge in [-0.25, -0.2) is 4.98 Å². The molecule has 170 valence electrons. The van der Waals surface area contributed by atoms with E-state index in [2.05, 4.69) is 4.98 Å². The molecule has 5 aromatic rings. The Kier molecular flexibility index (Phi) is 5.29. The third-order valence-corrected chi connectivity index (χ3v) is 6.53. The molecule has 0 saturated heterocycles. The molecule has 0 saturated carbocycles. The molecule has 0 amide bonds. The Morgan fingerprint density at radius 2 is 1.44 bits per heavy atom. The molecule has 5 rings (SSSR count). The van der Waals surface area contributed by atoms with Crippen LogP contribution in [-0.2, 0) is 10.7 Å². The van der Waals surface area contributed by atoms with Gasteiger partial charge in [0, 0.05) is 10.9 Å². The van der Waals surface area contributed by atoms with Crippen molar-refractivity contribution in [2.45, 2.75) is 6.18 Å². The van der Waals surface area contributed by atoms with Gasteiger partial charge in [0.05, 0.1) is 11.1 Å². The van der Waals surface area contributed by atoms with Gasteiger partial charge in [-0.15, -0.1) is 0 Å². The van der Waals surface area contributed by atoms with E-state index in [1.165, 1.54) is 18.2 Å². The maximum Gasteiger partial charge on any atom is 0.416 e. The molecule has 0 radical (unpaired) electrons. The third-order valence-electron chi connectivity index (χ3n) is 5.68. The number of fused-ring (bicyclic) bond motifs is 2. The highest BCUT2D eigenvalue weighted by molar-refractivity contribution is 7.60. The normalized spacial score (nSPS) is 12.4. The molecular weight excluding hydrogens is 462 g/mol. The summed E-state index contributed by atoms with van der Waals surface area (Å²) in [5, 5.41) is 2.38. The molecule has 34 heavy (non-hydrogen) atoms.